The van der Waals surface area contributed by atoms with Gasteiger partial charge < -0.3 is 4.90 Å². The van der Waals surface area contributed by atoms with Crippen LogP contribution in [0.2, 0.25) is 0 Å². The first kappa shape index (κ1) is 8.33. The average Bonchev–Trinajstić information content (AvgIpc) is 1.88. The summed E-state index contributed by atoms with van der Waals surface area (Å²) in [4.78, 5) is 10.7. The smallest absolute Gasteiger partial charge is 0.312 e. The van der Waals surface area contributed by atoms with E-state index in [1.807, 2.05) is 0 Å². The first-order valence-corrected chi connectivity index (χ1v) is 2.59. The largest absolute Gasteiger partial charge is 0.329 e. The van der Waals surface area contributed by atoms with Crippen LogP contribution in [0.5, 0.6) is 0 Å². The summed E-state index contributed by atoms with van der Waals surface area (Å²) in [6.45, 7) is -1.41. The van der Waals surface area contributed by atoms with Crippen LogP contribution < -0.4 is 0 Å². The van der Waals surface area contributed by atoms with Crippen molar-refractivity contribution in [1.29, 1.82) is 0 Å². The lowest BCUT2D eigenvalue weighted by molar-refractivity contribution is 0.306. The molecule has 4 heteroatoms. The summed E-state index contributed by atoms with van der Waals surface area (Å²) >= 11 is 0. The van der Waals surface area contributed by atoms with Crippen LogP contribution in [0.25, 0.3) is 0 Å². The van der Waals surface area contributed by atoms with E-state index in [1.54, 1.807) is 0 Å². The van der Waals surface area contributed by atoms with Gasteiger partial charge in [0.05, 0.1) is 0 Å². The Morgan fingerprint density at radius 2 is 1.67 bits per heavy atom. The molecule has 0 aliphatic heterocycles. The maximum Gasteiger partial charge on any atom is 0.312 e. The molecule has 0 aliphatic carbocycles. The third kappa shape index (κ3) is 3.88. The number of halogens is 2. The predicted octanol–water partition coefficient (Wildman–Crippen LogP) is 0.295. The Bertz CT molecular complexity index is 73.4. The van der Waals surface area contributed by atoms with Crippen LogP contribution in [0.3, 0.4) is 0 Å². The molecule has 0 spiro atoms. The highest BCUT2D eigenvalue weighted by atomic mass is 19.1. The molecule has 1 radical (unpaired) electrons. The minimum atomic E-state index is -0.644. The van der Waals surface area contributed by atoms with Crippen molar-refractivity contribution in [2.45, 2.75) is 0 Å². The summed E-state index contributed by atoms with van der Waals surface area (Å²) in [5.74, 6) is 0. The molecule has 0 heterocycles. The summed E-state index contributed by atoms with van der Waals surface area (Å²) in [7, 11) is 0. The molecular weight excluding hydrogens is 128 g/mol. The van der Waals surface area contributed by atoms with Crippen LogP contribution >= 0.6 is 0 Å². The van der Waals surface area contributed by atoms with Crippen molar-refractivity contribution >= 4 is 6.41 Å². The van der Waals surface area contributed by atoms with E-state index in [2.05, 4.69) is 0 Å². The van der Waals surface area contributed by atoms with Crippen LogP contribution in [-0.2, 0) is 4.79 Å². The van der Waals surface area contributed by atoms with Gasteiger partial charge in [0.1, 0.15) is 13.3 Å². The average molecular weight is 136 g/mol. The number of alkyl halides is 2. The van der Waals surface area contributed by atoms with Gasteiger partial charge in [-0.05, 0) is 0 Å². The second-order valence-electron chi connectivity index (χ2n) is 1.46. The van der Waals surface area contributed by atoms with Crippen molar-refractivity contribution in [2.24, 2.45) is 0 Å². The maximum absolute atomic E-state index is 11.4. The predicted molar refractivity (Wildman–Crippen MR) is 29.2 cm³/mol. The van der Waals surface area contributed by atoms with E-state index < -0.39 is 13.3 Å². The van der Waals surface area contributed by atoms with Gasteiger partial charge in [-0.3, -0.25) is 4.79 Å². The fraction of sp³-hybridized carbons (Fsp3) is 0.800. The molecule has 0 saturated heterocycles. The van der Waals surface area contributed by atoms with E-state index in [0.29, 0.717) is 0 Å². The zero-order chi connectivity index (χ0) is 7.11. The van der Waals surface area contributed by atoms with Crippen molar-refractivity contribution in [3.8, 4) is 0 Å². The lowest BCUT2D eigenvalue weighted by Crippen LogP contribution is -2.26. The molecule has 1 amide bonds. The van der Waals surface area contributed by atoms with Gasteiger partial charge in [-0.15, -0.1) is 0 Å². The van der Waals surface area contributed by atoms with E-state index in [-0.39, 0.29) is 13.1 Å². The van der Waals surface area contributed by atoms with Gasteiger partial charge in [0.2, 0.25) is 0 Å². The lowest BCUT2D eigenvalue weighted by Gasteiger charge is -2.09. The molecule has 53 valence electrons. The van der Waals surface area contributed by atoms with E-state index in [9.17, 15) is 13.6 Å². The summed E-state index contributed by atoms with van der Waals surface area (Å²) < 4.78 is 22.8. The Labute approximate surface area is 52.5 Å². The standard InChI is InChI=1S/C5H8F2NO/c6-1-3-8(5-9)4-2-7/h1-4H2. The molecule has 0 saturated carbocycles. The number of carbonyl (C=O) groups excluding carboxylic acids is 1. The van der Waals surface area contributed by atoms with Gasteiger partial charge >= 0.3 is 6.41 Å². The zero-order valence-corrected chi connectivity index (χ0v) is 4.94. The Morgan fingerprint density at radius 1 is 1.22 bits per heavy atom. The molecule has 0 bridgehead atoms. The van der Waals surface area contributed by atoms with Gasteiger partial charge in [-0.25, -0.2) is 8.78 Å². The second kappa shape index (κ2) is 5.47. The van der Waals surface area contributed by atoms with Gasteiger partial charge in [0.25, 0.3) is 0 Å². The lowest BCUT2D eigenvalue weighted by atomic mass is 10.5. The molecule has 2 nitrogen and oxygen atoms in total. The molecular formula is C5H8F2NO. The monoisotopic (exact) mass is 136 g/mol. The normalized spacial score (nSPS) is 9.11. The highest BCUT2D eigenvalue weighted by Gasteiger charge is 1.99. The van der Waals surface area contributed by atoms with Gasteiger partial charge in [-0.1, -0.05) is 0 Å². The fourth-order valence-corrected chi connectivity index (χ4v) is 0.407. The van der Waals surface area contributed by atoms with Crippen molar-refractivity contribution in [1.82, 2.24) is 4.90 Å². The first-order valence-electron chi connectivity index (χ1n) is 2.59. The van der Waals surface area contributed by atoms with Gasteiger partial charge in [0.15, 0.2) is 0 Å². The van der Waals surface area contributed by atoms with Crippen molar-refractivity contribution in [3.63, 3.8) is 0 Å². The van der Waals surface area contributed by atoms with Gasteiger partial charge in [-0.2, -0.15) is 0 Å². The number of rotatable bonds is 5. The minimum absolute atomic E-state index is 0.0621. The molecule has 0 aromatic carbocycles. The first-order chi connectivity index (χ1) is 4.35. The molecule has 0 fully saturated rings. The third-order valence-corrected chi connectivity index (χ3v) is 0.838. The van der Waals surface area contributed by atoms with Crippen LogP contribution in [0.4, 0.5) is 8.78 Å². The summed E-state index contributed by atoms with van der Waals surface area (Å²) in [6.07, 6.45) is 1.41. The van der Waals surface area contributed by atoms with E-state index in [4.69, 9.17) is 0 Å². The Kier molecular flexibility index (Phi) is 5.06. The van der Waals surface area contributed by atoms with Crippen LogP contribution in [0.1, 0.15) is 0 Å². The summed E-state index contributed by atoms with van der Waals surface area (Å²) in [5.41, 5.74) is 0. The Balaban J connectivity index is 3.29. The van der Waals surface area contributed by atoms with Crippen molar-refractivity contribution in [2.75, 3.05) is 26.4 Å². The molecule has 0 atom stereocenters. The van der Waals surface area contributed by atoms with Gasteiger partial charge in [0, 0.05) is 13.1 Å². The maximum atomic E-state index is 11.4. The third-order valence-electron chi connectivity index (χ3n) is 0.838. The molecule has 0 aliphatic rings. The number of hydrogen-bond acceptors (Lipinski definition) is 1. The van der Waals surface area contributed by atoms with Crippen LogP contribution in [-0.4, -0.2) is 37.7 Å². The van der Waals surface area contributed by atoms with Crippen molar-refractivity contribution < 1.29 is 13.6 Å². The number of amides is 1. The molecule has 0 rings (SSSR count). The summed E-state index contributed by atoms with van der Waals surface area (Å²) in [5, 5.41) is 0. The van der Waals surface area contributed by atoms with Crippen LogP contribution in [0, 0.1) is 0 Å². The minimum Gasteiger partial charge on any atom is -0.329 e. The van der Waals surface area contributed by atoms with Crippen molar-refractivity contribution in [3.05, 3.63) is 0 Å². The molecule has 9 heavy (non-hydrogen) atoms. The number of nitrogens with zero attached hydrogens (tertiary/aromatic N) is 1. The Morgan fingerprint density at radius 3 is 1.89 bits per heavy atom. The quantitative estimate of drug-likeness (QED) is 0.497. The van der Waals surface area contributed by atoms with E-state index >= 15 is 0 Å². The molecule has 0 N–H and O–H groups in total. The van der Waals surface area contributed by atoms with E-state index in [0.717, 1.165) is 4.90 Å². The molecule has 0 unspecified atom stereocenters. The SMILES string of the molecule is O=[C]N(CCF)CCF. The number of hydrogen-bond donors (Lipinski definition) is 0. The highest BCUT2D eigenvalue weighted by molar-refractivity contribution is 5.47. The molecule has 0 aromatic rings. The Hall–Kier alpha value is -0.670. The second-order valence-corrected chi connectivity index (χ2v) is 1.46. The fourth-order valence-electron chi connectivity index (χ4n) is 0.407. The van der Waals surface area contributed by atoms with Crippen LogP contribution in [0.15, 0.2) is 0 Å². The molecule has 0 aromatic heterocycles. The zero-order valence-electron chi connectivity index (χ0n) is 4.94. The summed E-state index contributed by atoms with van der Waals surface area (Å²) in [6, 6.07) is 0. The highest BCUT2D eigenvalue weighted by Crippen LogP contribution is 1.82. The topological polar surface area (TPSA) is 20.3 Å². The van der Waals surface area contributed by atoms with E-state index in [1.165, 1.54) is 6.41 Å².